The highest BCUT2D eigenvalue weighted by molar-refractivity contribution is 5.59. The van der Waals surface area contributed by atoms with E-state index in [9.17, 15) is 0 Å². The van der Waals surface area contributed by atoms with Crippen LogP contribution in [0.5, 0.6) is 0 Å². The minimum absolute atomic E-state index is 0.498. The van der Waals surface area contributed by atoms with Crippen LogP contribution in [0.3, 0.4) is 0 Å². The van der Waals surface area contributed by atoms with Crippen molar-refractivity contribution in [2.75, 3.05) is 5.32 Å². The van der Waals surface area contributed by atoms with E-state index in [1.54, 1.807) is 6.33 Å². The number of benzene rings is 1. The molecule has 1 N–H and O–H groups in total. The van der Waals surface area contributed by atoms with E-state index in [0.29, 0.717) is 6.04 Å². The number of anilines is 1. The lowest BCUT2D eigenvalue weighted by Gasteiger charge is -2.16. The zero-order valence-electron chi connectivity index (χ0n) is 12.8. The smallest absolute Gasteiger partial charge is 0.163 e. The van der Waals surface area contributed by atoms with Crippen molar-refractivity contribution in [3.8, 4) is 11.4 Å². The Hall–Kier alpha value is -1.84. The number of hydrogen-bond acceptors (Lipinski definition) is 3. The third-order valence-corrected chi connectivity index (χ3v) is 3.44. The molecule has 0 aliphatic heterocycles. The number of aromatic nitrogens is 3. The van der Waals surface area contributed by atoms with Crippen LogP contribution in [-0.4, -0.2) is 20.8 Å². The fourth-order valence-corrected chi connectivity index (χ4v) is 2.20. The lowest BCUT2D eigenvalue weighted by Crippen LogP contribution is -2.15. The monoisotopic (exact) mass is 272 g/mol. The van der Waals surface area contributed by atoms with Crippen LogP contribution in [0.2, 0.25) is 0 Å². The summed E-state index contributed by atoms with van der Waals surface area (Å²) in [7, 11) is 1.95. The average Bonchev–Trinajstić information content (AvgIpc) is 2.84. The van der Waals surface area contributed by atoms with Crippen molar-refractivity contribution in [1.82, 2.24) is 14.8 Å². The first-order valence-corrected chi connectivity index (χ1v) is 7.27. The Morgan fingerprint density at radius 1 is 1.10 bits per heavy atom. The van der Waals surface area contributed by atoms with Crippen molar-refractivity contribution in [1.29, 1.82) is 0 Å². The van der Waals surface area contributed by atoms with E-state index in [2.05, 4.69) is 60.6 Å². The van der Waals surface area contributed by atoms with Gasteiger partial charge in [-0.3, -0.25) is 0 Å². The molecular weight excluding hydrogens is 248 g/mol. The van der Waals surface area contributed by atoms with E-state index in [4.69, 9.17) is 0 Å². The molecule has 1 atom stereocenters. The van der Waals surface area contributed by atoms with Crippen LogP contribution in [0.4, 0.5) is 5.69 Å². The van der Waals surface area contributed by atoms with Crippen LogP contribution in [0.15, 0.2) is 30.6 Å². The van der Waals surface area contributed by atoms with Gasteiger partial charge in [0, 0.05) is 24.3 Å². The van der Waals surface area contributed by atoms with E-state index in [1.165, 1.54) is 12.8 Å². The largest absolute Gasteiger partial charge is 0.383 e. The number of hydrogen-bond donors (Lipinski definition) is 1. The normalized spacial score (nSPS) is 12.7. The summed E-state index contributed by atoms with van der Waals surface area (Å²) < 4.78 is 1.92. The molecule has 4 heteroatoms. The summed E-state index contributed by atoms with van der Waals surface area (Å²) in [5.74, 6) is 1.65. The Morgan fingerprint density at radius 3 is 2.35 bits per heavy atom. The van der Waals surface area contributed by atoms with Crippen molar-refractivity contribution in [2.45, 2.75) is 39.7 Å². The molecule has 1 aromatic heterocycles. The van der Waals surface area contributed by atoms with Gasteiger partial charge in [0.1, 0.15) is 6.33 Å². The Bertz CT molecular complexity index is 528. The molecule has 1 heterocycles. The molecule has 0 spiro atoms. The van der Waals surface area contributed by atoms with Gasteiger partial charge in [-0.25, -0.2) is 0 Å². The second-order valence-corrected chi connectivity index (χ2v) is 5.86. The first-order chi connectivity index (χ1) is 9.56. The fraction of sp³-hybridized carbons (Fsp3) is 0.500. The van der Waals surface area contributed by atoms with Gasteiger partial charge < -0.3 is 9.88 Å². The van der Waals surface area contributed by atoms with Crippen LogP contribution >= 0.6 is 0 Å². The highest BCUT2D eigenvalue weighted by Gasteiger charge is 2.06. The predicted octanol–water partition coefficient (Wildman–Crippen LogP) is 3.72. The van der Waals surface area contributed by atoms with Gasteiger partial charge in [0.05, 0.1) is 0 Å². The third-order valence-electron chi connectivity index (χ3n) is 3.44. The number of rotatable bonds is 6. The Balaban J connectivity index is 1.97. The summed E-state index contributed by atoms with van der Waals surface area (Å²) in [6.07, 6.45) is 4.17. The molecule has 0 bridgehead atoms. The lowest BCUT2D eigenvalue weighted by molar-refractivity contribution is 0.528. The first-order valence-electron chi connectivity index (χ1n) is 7.27. The molecule has 1 unspecified atom stereocenters. The van der Waals surface area contributed by atoms with Crippen molar-refractivity contribution in [3.05, 3.63) is 30.6 Å². The summed E-state index contributed by atoms with van der Waals surface area (Å²) >= 11 is 0. The summed E-state index contributed by atoms with van der Waals surface area (Å²) in [6, 6.07) is 8.88. The second kappa shape index (κ2) is 6.55. The molecule has 2 aromatic rings. The van der Waals surface area contributed by atoms with Crippen LogP contribution in [0.1, 0.15) is 33.6 Å². The van der Waals surface area contributed by atoms with Gasteiger partial charge in [0.25, 0.3) is 0 Å². The Labute approximate surface area is 121 Å². The molecule has 0 aliphatic rings. The van der Waals surface area contributed by atoms with Crippen molar-refractivity contribution in [2.24, 2.45) is 13.0 Å². The summed E-state index contributed by atoms with van der Waals surface area (Å²) in [6.45, 7) is 6.77. The molecule has 20 heavy (non-hydrogen) atoms. The molecule has 2 rings (SSSR count). The molecule has 0 saturated carbocycles. The van der Waals surface area contributed by atoms with Crippen molar-refractivity contribution >= 4 is 5.69 Å². The topological polar surface area (TPSA) is 42.7 Å². The zero-order valence-corrected chi connectivity index (χ0v) is 12.8. The summed E-state index contributed by atoms with van der Waals surface area (Å²) in [4.78, 5) is 0. The number of nitrogens with one attached hydrogen (secondary N) is 1. The van der Waals surface area contributed by atoms with Crippen molar-refractivity contribution in [3.63, 3.8) is 0 Å². The average molecular weight is 272 g/mol. The van der Waals surface area contributed by atoms with E-state index >= 15 is 0 Å². The quantitative estimate of drug-likeness (QED) is 0.871. The van der Waals surface area contributed by atoms with Gasteiger partial charge >= 0.3 is 0 Å². The SMILES string of the molecule is CC(C)CCC(C)Nc1ccc(-c2nncn2C)cc1. The predicted molar refractivity (Wildman–Crippen MR) is 83.6 cm³/mol. The zero-order chi connectivity index (χ0) is 14.5. The molecule has 0 aliphatic carbocycles. The fourth-order valence-electron chi connectivity index (χ4n) is 2.20. The minimum atomic E-state index is 0.498. The Morgan fingerprint density at radius 2 is 1.80 bits per heavy atom. The third kappa shape index (κ3) is 3.83. The van der Waals surface area contributed by atoms with Crippen LogP contribution < -0.4 is 5.32 Å². The van der Waals surface area contributed by atoms with Crippen LogP contribution in [0, 0.1) is 5.92 Å². The van der Waals surface area contributed by atoms with E-state index in [-0.39, 0.29) is 0 Å². The van der Waals surface area contributed by atoms with E-state index < -0.39 is 0 Å². The van der Waals surface area contributed by atoms with Gasteiger partial charge in [0.15, 0.2) is 5.82 Å². The summed E-state index contributed by atoms with van der Waals surface area (Å²) in [5.41, 5.74) is 2.25. The maximum absolute atomic E-state index is 4.12. The minimum Gasteiger partial charge on any atom is -0.383 e. The van der Waals surface area contributed by atoms with E-state index in [0.717, 1.165) is 23.0 Å². The lowest BCUT2D eigenvalue weighted by atomic mass is 10.0. The van der Waals surface area contributed by atoms with Crippen LogP contribution in [-0.2, 0) is 7.05 Å². The van der Waals surface area contributed by atoms with Gasteiger partial charge in [0.2, 0.25) is 0 Å². The second-order valence-electron chi connectivity index (χ2n) is 5.86. The maximum Gasteiger partial charge on any atom is 0.163 e. The Kier molecular flexibility index (Phi) is 4.77. The molecule has 0 saturated heterocycles. The number of aryl methyl sites for hydroxylation is 1. The highest BCUT2D eigenvalue weighted by Crippen LogP contribution is 2.20. The standard InChI is InChI=1S/C16H24N4/c1-12(2)5-6-13(3)18-15-9-7-14(8-10-15)16-19-17-11-20(16)4/h7-13,18H,5-6H2,1-4H3. The molecule has 108 valence electrons. The maximum atomic E-state index is 4.12. The first kappa shape index (κ1) is 14.6. The molecular formula is C16H24N4. The van der Waals surface area contributed by atoms with Gasteiger partial charge in [-0.2, -0.15) is 0 Å². The van der Waals surface area contributed by atoms with Gasteiger partial charge in [-0.05, 0) is 49.9 Å². The molecule has 0 fully saturated rings. The van der Waals surface area contributed by atoms with Gasteiger partial charge in [-0.15, -0.1) is 10.2 Å². The summed E-state index contributed by atoms with van der Waals surface area (Å²) in [5, 5.41) is 11.6. The number of nitrogens with zero attached hydrogens (tertiary/aromatic N) is 3. The molecule has 1 aromatic carbocycles. The molecule has 4 nitrogen and oxygen atoms in total. The molecule has 0 radical (unpaired) electrons. The van der Waals surface area contributed by atoms with Crippen molar-refractivity contribution < 1.29 is 0 Å². The van der Waals surface area contributed by atoms with Gasteiger partial charge in [-0.1, -0.05) is 13.8 Å². The van der Waals surface area contributed by atoms with Crippen LogP contribution in [0.25, 0.3) is 11.4 Å². The highest BCUT2D eigenvalue weighted by atomic mass is 15.2. The molecule has 0 amide bonds. The van der Waals surface area contributed by atoms with E-state index in [1.807, 2.05) is 11.6 Å².